The second-order valence-corrected chi connectivity index (χ2v) is 4.43. The van der Waals surface area contributed by atoms with E-state index in [1.54, 1.807) is 12.5 Å². The highest BCUT2D eigenvalue weighted by atomic mass is 16.3. The predicted molar refractivity (Wildman–Crippen MR) is 74.2 cm³/mol. The molecule has 0 radical (unpaired) electrons. The Hall–Kier alpha value is -2.17. The molecule has 0 fully saturated rings. The van der Waals surface area contributed by atoms with Crippen LogP contribution in [0.3, 0.4) is 0 Å². The average molecular weight is 253 g/mol. The van der Waals surface area contributed by atoms with Crippen molar-refractivity contribution >= 4 is 10.9 Å². The van der Waals surface area contributed by atoms with Gasteiger partial charge in [-0.2, -0.15) is 0 Å². The van der Waals surface area contributed by atoms with Crippen molar-refractivity contribution in [1.29, 1.82) is 0 Å². The van der Waals surface area contributed by atoms with E-state index in [2.05, 4.69) is 10.4 Å². The van der Waals surface area contributed by atoms with E-state index in [9.17, 15) is 0 Å². The van der Waals surface area contributed by atoms with E-state index >= 15 is 0 Å². The molecule has 3 aromatic rings. The van der Waals surface area contributed by atoms with E-state index in [1.807, 2.05) is 42.5 Å². The van der Waals surface area contributed by atoms with Crippen LogP contribution in [0.1, 0.15) is 17.4 Å². The molecule has 2 heterocycles. The van der Waals surface area contributed by atoms with Crippen molar-refractivity contribution < 1.29 is 4.42 Å². The Kier molecular flexibility index (Phi) is 3.27. The number of furan rings is 1. The minimum Gasteiger partial charge on any atom is -0.469 e. The van der Waals surface area contributed by atoms with Crippen molar-refractivity contribution in [3.63, 3.8) is 0 Å². The van der Waals surface area contributed by atoms with Crippen molar-refractivity contribution in [1.82, 2.24) is 10.4 Å². The number of hydrogen-bond acceptors (Lipinski definition) is 4. The fourth-order valence-electron chi connectivity index (χ4n) is 2.30. The van der Waals surface area contributed by atoms with Crippen LogP contribution in [0, 0.1) is 0 Å². The number of nitrogens with one attached hydrogen (secondary N) is 1. The van der Waals surface area contributed by atoms with E-state index in [0.29, 0.717) is 6.42 Å². The first-order valence-electron chi connectivity index (χ1n) is 6.20. The summed E-state index contributed by atoms with van der Waals surface area (Å²) in [5, 5.41) is 1.11. The number of para-hydroxylation sites is 1. The Labute approximate surface area is 111 Å². The molecule has 4 heteroatoms. The molecule has 19 heavy (non-hydrogen) atoms. The topological polar surface area (TPSA) is 64.1 Å². The van der Waals surface area contributed by atoms with Gasteiger partial charge >= 0.3 is 0 Å². The Morgan fingerprint density at radius 3 is 2.84 bits per heavy atom. The minimum atomic E-state index is -0.0234. The highest BCUT2D eigenvalue weighted by Crippen LogP contribution is 2.24. The van der Waals surface area contributed by atoms with Crippen molar-refractivity contribution in [3.8, 4) is 0 Å². The molecule has 0 aliphatic rings. The van der Waals surface area contributed by atoms with Gasteiger partial charge in [-0.05, 0) is 23.8 Å². The maximum absolute atomic E-state index is 5.69. The van der Waals surface area contributed by atoms with Gasteiger partial charge in [-0.15, -0.1) is 0 Å². The number of benzene rings is 1. The highest BCUT2D eigenvalue weighted by Gasteiger charge is 2.15. The van der Waals surface area contributed by atoms with Gasteiger partial charge < -0.3 is 4.42 Å². The number of aromatic nitrogens is 1. The molecule has 0 aliphatic heterocycles. The normalized spacial score (nSPS) is 12.7. The minimum absolute atomic E-state index is 0.0234. The number of hydrogen-bond donors (Lipinski definition) is 2. The molecular formula is C15H15N3O. The lowest BCUT2D eigenvalue weighted by Gasteiger charge is -2.16. The Balaban J connectivity index is 2.01. The average Bonchev–Trinajstić information content (AvgIpc) is 2.97. The number of rotatable bonds is 4. The molecule has 0 amide bonds. The SMILES string of the molecule is NNC(Cc1ccco1)c1cccc2cccnc12. The van der Waals surface area contributed by atoms with E-state index in [4.69, 9.17) is 10.3 Å². The second kappa shape index (κ2) is 5.22. The van der Waals surface area contributed by atoms with Crippen LogP contribution in [0.15, 0.2) is 59.3 Å². The Morgan fingerprint density at radius 2 is 2.05 bits per heavy atom. The van der Waals surface area contributed by atoms with E-state index in [1.165, 1.54) is 0 Å². The lowest BCUT2D eigenvalue weighted by atomic mass is 10.00. The summed E-state index contributed by atoms with van der Waals surface area (Å²) in [6, 6.07) is 13.9. The van der Waals surface area contributed by atoms with Crippen molar-refractivity contribution in [3.05, 3.63) is 66.2 Å². The molecule has 1 unspecified atom stereocenters. The second-order valence-electron chi connectivity index (χ2n) is 4.43. The lowest BCUT2D eigenvalue weighted by molar-refractivity contribution is 0.456. The Morgan fingerprint density at radius 1 is 1.16 bits per heavy atom. The molecule has 3 N–H and O–H groups in total. The monoisotopic (exact) mass is 253 g/mol. The lowest BCUT2D eigenvalue weighted by Crippen LogP contribution is -2.29. The van der Waals surface area contributed by atoms with Crippen LogP contribution in [0.25, 0.3) is 10.9 Å². The largest absolute Gasteiger partial charge is 0.469 e. The third kappa shape index (κ3) is 2.36. The zero-order valence-electron chi connectivity index (χ0n) is 10.4. The van der Waals surface area contributed by atoms with Gasteiger partial charge in [0.05, 0.1) is 17.8 Å². The molecule has 2 aromatic heterocycles. The van der Waals surface area contributed by atoms with Gasteiger partial charge in [0.2, 0.25) is 0 Å². The van der Waals surface area contributed by atoms with Gasteiger partial charge in [0, 0.05) is 18.0 Å². The van der Waals surface area contributed by atoms with Crippen molar-refractivity contribution in [2.24, 2.45) is 5.84 Å². The smallest absolute Gasteiger partial charge is 0.105 e. The quantitative estimate of drug-likeness (QED) is 0.554. The number of nitrogens with two attached hydrogens (primary N) is 1. The molecule has 0 aliphatic carbocycles. The molecule has 0 saturated carbocycles. The first-order chi connectivity index (χ1) is 9.38. The fourth-order valence-corrected chi connectivity index (χ4v) is 2.30. The molecule has 0 spiro atoms. The number of pyridine rings is 1. The summed E-state index contributed by atoms with van der Waals surface area (Å²) in [7, 11) is 0. The van der Waals surface area contributed by atoms with Gasteiger partial charge in [-0.3, -0.25) is 16.3 Å². The van der Waals surface area contributed by atoms with Gasteiger partial charge in [-0.1, -0.05) is 24.3 Å². The Bertz CT molecular complexity index is 659. The highest BCUT2D eigenvalue weighted by molar-refractivity contribution is 5.82. The van der Waals surface area contributed by atoms with E-state index < -0.39 is 0 Å². The van der Waals surface area contributed by atoms with Crippen LogP contribution in [-0.4, -0.2) is 4.98 Å². The summed E-state index contributed by atoms with van der Waals surface area (Å²) in [5.74, 6) is 6.59. The summed E-state index contributed by atoms with van der Waals surface area (Å²) in [6.07, 6.45) is 4.16. The van der Waals surface area contributed by atoms with Gasteiger partial charge in [-0.25, -0.2) is 0 Å². The zero-order valence-corrected chi connectivity index (χ0v) is 10.4. The predicted octanol–water partition coefficient (Wildman–Crippen LogP) is 2.57. The summed E-state index contributed by atoms with van der Waals surface area (Å²) in [6.45, 7) is 0. The van der Waals surface area contributed by atoms with Gasteiger partial charge in [0.15, 0.2) is 0 Å². The third-order valence-corrected chi connectivity index (χ3v) is 3.23. The summed E-state index contributed by atoms with van der Waals surface area (Å²) in [5.41, 5.74) is 4.90. The molecule has 96 valence electrons. The van der Waals surface area contributed by atoms with Crippen LogP contribution in [0.4, 0.5) is 0 Å². The van der Waals surface area contributed by atoms with Crippen LogP contribution >= 0.6 is 0 Å². The van der Waals surface area contributed by atoms with Gasteiger partial charge in [0.25, 0.3) is 0 Å². The number of fused-ring (bicyclic) bond motifs is 1. The number of hydrazine groups is 1. The maximum atomic E-state index is 5.69. The fraction of sp³-hybridized carbons (Fsp3) is 0.133. The number of nitrogens with zero attached hydrogens (tertiary/aromatic N) is 1. The molecule has 0 bridgehead atoms. The first-order valence-corrected chi connectivity index (χ1v) is 6.20. The van der Waals surface area contributed by atoms with Crippen molar-refractivity contribution in [2.45, 2.75) is 12.5 Å². The molecule has 0 saturated heterocycles. The summed E-state index contributed by atoms with van der Waals surface area (Å²) in [4.78, 5) is 4.45. The van der Waals surface area contributed by atoms with Crippen LogP contribution in [-0.2, 0) is 6.42 Å². The van der Waals surface area contributed by atoms with Crippen LogP contribution in [0.5, 0.6) is 0 Å². The van der Waals surface area contributed by atoms with Crippen LogP contribution < -0.4 is 11.3 Å². The van der Waals surface area contributed by atoms with E-state index in [-0.39, 0.29) is 6.04 Å². The summed E-state index contributed by atoms with van der Waals surface area (Å²) >= 11 is 0. The molecular weight excluding hydrogens is 238 g/mol. The summed E-state index contributed by atoms with van der Waals surface area (Å²) < 4.78 is 5.38. The van der Waals surface area contributed by atoms with Gasteiger partial charge in [0.1, 0.15) is 5.76 Å². The van der Waals surface area contributed by atoms with E-state index in [0.717, 1.165) is 22.2 Å². The van der Waals surface area contributed by atoms with Crippen molar-refractivity contribution in [2.75, 3.05) is 0 Å². The maximum Gasteiger partial charge on any atom is 0.105 e. The standard InChI is InChI=1S/C15H15N3O/c16-18-14(10-12-6-3-9-19-12)13-7-1-4-11-5-2-8-17-15(11)13/h1-9,14,18H,10,16H2. The molecule has 4 nitrogen and oxygen atoms in total. The van der Waals surface area contributed by atoms with Crippen LogP contribution in [0.2, 0.25) is 0 Å². The molecule has 1 aromatic carbocycles. The molecule has 3 rings (SSSR count). The first kappa shape index (κ1) is 11.9. The molecule has 1 atom stereocenters. The third-order valence-electron chi connectivity index (χ3n) is 3.23. The zero-order chi connectivity index (χ0) is 13.1.